The van der Waals surface area contributed by atoms with Crippen LogP contribution in [0.15, 0.2) is 58.5 Å². The van der Waals surface area contributed by atoms with Gasteiger partial charge in [0, 0.05) is 6.26 Å². The van der Waals surface area contributed by atoms with Crippen molar-refractivity contribution in [3.05, 3.63) is 54.1 Å². The summed E-state index contributed by atoms with van der Waals surface area (Å²) in [6.45, 7) is 1.76. The quantitative estimate of drug-likeness (QED) is 0.570. The van der Waals surface area contributed by atoms with E-state index >= 15 is 0 Å². The van der Waals surface area contributed by atoms with Gasteiger partial charge in [0.15, 0.2) is 9.84 Å². The van der Waals surface area contributed by atoms with Gasteiger partial charge in [-0.1, -0.05) is 24.3 Å². The fourth-order valence-electron chi connectivity index (χ4n) is 2.16. The van der Waals surface area contributed by atoms with Crippen molar-refractivity contribution in [2.75, 3.05) is 25.2 Å². The van der Waals surface area contributed by atoms with E-state index in [1.54, 1.807) is 32.2 Å². The topological polar surface area (TPSA) is 96.9 Å². The van der Waals surface area contributed by atoms with Gasteiger partial charge < -0.3 is 10.1 Å². The van der Waals surface area contributed by atoms with Gasteiger partial charge in [-0.15, -0.1) is 0 Å². The van der Waals surface area contributed by atoms with Crippen LogP contribution in [0.4, 0.5) is 5.69 Å². The molecule has 0 atom stereocenters. The Balaban J connectivity index is 1.94. The second kappa shape index (κ2) is 8.48. The maximum atomic E-state index is 11.9. The number of methoxy groups -OCH3 is 1. The van der Waals surface area contributed by atoms with Crippen molar-refractivity contribution < 1.29 is 17.9 Å². The number of carbonyl (C=O) groups is 1. The number of hydrazone groups is 1. The fourth-order valence-corrected chi connectivity index (χ4v) is 2.79. The van der Waals surface area contributed by atoms with Gasteiger partial charge in [0.2, 0.25) is 0 Å². The Hall–Kier alpha value is -2.87. The zero-order chi connectivity index (χ0) is 19.2. The highest BCUT2D eigenvalue weighted by molar-refractivity contribution is 7.90. The number of sulfone groups is 1. The predicted molar refractivity (Wildman–Crippen MR) is 101 cm³/mol. The van der Waals surface area contributed by atoms with Crippen molar-refractivity contribution in [2.24, 2.45) is 5.10 Å². The minimum absolute atomic E-state index is 0.0319. The third-order valence-electron chi connectivity index (χ3n) is 3.59. The molecule has 0 fully saturated rings. The van der Waals surface area contributed by atoms with Crippen LogP contribution in [0.25, 0.3) is 0 Å². The van der Waals surface area contributed by atoms with Crippen LogP contribution in [0.2, 0.25) is 0 Å². The third kappa shape index (κ3) is 5.32. The van der Waals surface area contributed by atoms with Crippen LogP contribution in [0, 0.1) is 0 Å². The molecule has 0 spiro atoms. The van der Waals surface area contributed by atoms with Crippen molar-refractivity contribution >= 4 is 27.1 Å². The van der Waals surface area contributed by atoms with Gasteiger partial charge >= 0.3 is 0 Å². The summed E-state index contributed by atoms with van der Waals surface area (Å²) in [5.41, 5.74) is 4.45. The summed E-state index contributed by atoms with van der Waals surface area (Å²) < 4.78 is 28.1. The maximum Gasteiger partial charge on any atom is 0.259 e. The maximum absolute atomic E-state index is 11.9. The van der Waals surface area contributed by atoms with Crippen LogP contribution in [0.5, 0.6) is 5.75 Å². The lowest BCUT2D eigenvalue weighted by Gasteiger charge is -2.10. The van der Waals surface area contributed by atoms with Crippen LogP contribution >= 0.6 is 0 Å². The number of hydrogen-bond donors (Lipinski definition) is 2. The van der Waals surface area contributed by atoms with Gasteiger partial charge in [-0.2, -0.15) is 5.10 Å². The summed E-state index contributed by atoms with van der Waals surface area (Å²) >= 11 is 0. The highest BCUT2D eigenvalue weighted by Gasteiger charge is 2.08. The number of rotatable bonds is 7. The van der Waals surface area contributed by atoms with Crippen LogP contribution in [-0.4, -0.2) is 39.9 Å². The molecular formula is C18H21N3O4S. The van der Waals surface area contributed by atoms with E-state index in [1.807, 2.05) is 18.2 Å². The molecule has 26 heavy (non-hydrogen) atoms. The monoisotopic (exact) mass is 375 g/mol. The van der Waals surface area contributed by atoms with Crippen LogP contribution in [0.1, 0.15) is 12.5 Å². The number of hydrogen-bond acceptors (Lipinski definition) is 6. The number of ether oxygens (including phenoxy) is 1. The lowest BCUT2D eigenvalue weighted by atomic mass is 10.1. The number of anilines is 1. The molecule has 0 aromatic heterocycles. The van der Waals surface area contributed by atoms with Gasteiger partial charge in [0.05, 0.1) is 29.9 Å². The van der Waals surface area contributed by atoms with Crippen LogP contribution in [-0.2, 0) is 14.6 Å². The zero-order valence-electron chi connectivity index (χ0n) is 14.8. The van der Waals surface area contributed by atoms with E-state index in [0.717, 1.165) is 11.8 Å². The number of nitrogens with zero attached hydrogens (tertiary/aromatic N) is 1. The third-order valence-corrected chi connectivity index (χ3v) is 4.72. The molecule has 0 heterocycles. The molecule has 0 saturated carbocycles. The second-order valence-electron chi connectivity index (χ2n) is 5.58. The van der Waals surface area contributed by atoms with Gasteiger partial charge in [-0.05, 0) is 36.8 Å². The van der Waals surface area contributed by atoms with Crippen molar-refractivity contribution in [2.45, 2.75) is 11.8 Å². The van der Waals surface area contributed by atoms with Crippen molar-refractivity contribution in [1.29, 1.82) is 0 Å². The molecule has 2 rings (SSSR count). The van der Waals surface area contributed by atoms with Crippen LogP contribution in [0.3, 0.4) is 0 Å². The Kier molecular flexibility index (Phi) is 6.35. The van der Waals surface area contributed by atoms with Crippen molar-refractivity contribution in [1.82, 2.24) is 5.43 Å². The Labute approximate surface area is 153 Å². The number of benzene rings is 2. The first kappa shape index (κ1) is 19.5. The minimum Gasteiger partial charge on any atom is -0.495 e. The molecular weight excluding hydrogens is 354 g/mol. The highest BCUT2D eigenvalue weighted by atomic mass is 32.2. The van der Waals surface area contributed by atoms with Crippen molar-refractivity contribution in [3.63, 3.8) is 0 Å². The van der Waals surface area contributed by atoms with E-state index in [4.69, 9.17) is 4.74 Å². The Morgan fingerprint density at radius 1 is 1.12 bits per heavy atom. The van der Waals surface area contributed by atoms with E-state index in [0.29, 0.717) is 17.1 Å². The van der Waals surface area contributed by atoms with Gasteiger partial charge in [-0.25, -0.2) is 13.8 Å². The summed E-state index contributed by atoms with van der Waals surface area (Å²) in [5, 5.41) is 7.02. The molecule has 0 aliphatic rings. The Bertz CT molecular complexity index is 906. The molecule has 0 aliphatic carbocycles. The second-order valence-corrected chi connectivity index (χ2v) is 7.60. The van der Waals surface area contributed by atoms with Gasteiger partial charge in [-0.3, -0.25) is 4.79 Å². The highest BCUT2D eigenvalue weighted by Crippen LogP contribution is 2.22. The normalized spacial score (nSPS) is 11.7. The van der Waals surface area contributed by atoms with Crippen LogP contribution < -0.4 is 15.5 Å². The first-order chi connectivity index (χ1) is 12.3. The number of carbonyl (C=O) groups excluding carboxylic acids is 1. The molecule has 0 unspecified atom stereocenters. The molecule has 2 aromatic carbocycles. The molecule has 2 N–H and O–H groups in total. The van der Waals surface area contributed by atoms with E-state index in [-0.39, 0.29) is 17.3 Å². The molecule has 2 aromatic rings. The van der Waals surface area contributed by atoms with Crippen molar-refractivity contribution in [3.8, 4) is 5.75 Å². The number of nitrogens with one attached hydrogen (secondary N) is 2. The van der Waals surface area contributed by atoms with E-state index < -0.39 is 9.84 Å². The fraction of sp³-hybridized carbons (Fsp3) is 0.222. The molecule has 7 nitrogen and oxygen atoms in total. The summed E-state index contributed by atoms with van der Waals surface area (Å²) in [6.07, 6.45) is 1.15. The number of para-hydroxylation sites is 2. The summed E-state index contributed by atoms with van der Waals surface area (Å²) in [5.74, 6) is 0.328. The summed E-state index contributed by atoms with van der Waals surface area (Å²) in [7, 11) is -1.68. The number of amides is 1. The standard InChI is InChI=1S/C18H21N3O4S/c1-13(14-8-10-15(11-9-14)26(3,23)24)20-21-18(22)12-19-16-6-4-5-7-17(16)25-2/h4-11,19H,12H2,1-3H3,(H,21,22)/b20-13-. The smallest absolute Gasteiger partial charge is 0.259 e. The lowest BCUT2D eigenvalue weighted by Crippen LogP contribution is -2.26. The molecule has 138 valence electrons. The van der Waals surface area contributed by atoms with E-state index in [1.165, 1.54) is 12.1 Å². The largest absolute Gasteiger partial charge is 0.495 e. The lowest BCUT2D eigenvalue weighted by molar-refractivity contribution is -0.119. The zero-order valence-corrected chi connectivity index (χ0v) is 15.6. The van der Waals surface area contributed by atoms with E-state index in [2.05, 4.69) is 15.8 Å². The molecule has 1 amide bonds. The molecule has 0 bridgehead atoms. The Morgan fingerprint density at radius 3 is 2.38 bits per heavy atom. The summed E-state index contributed by atoms with van der Waals surface area (Å²) in [6, 6.07) is 13.6. The first-order valence-corrected chi connectivity index (χ1v) is 9.71. The van der Waals surface area contributed by atoms with Gasteiger partial charge in [0.1, 0.15) is 5.75 Å². The first-order valence-electron chi connectivity index (χ1n) is 7.82. The average molecular weight is 375 g/mol. The average Bonchev–Trinajstić information content (AvgIpc) is 2.64. The van der Waals surface area contributed by atoms with E-state index in [9.17, 15) is 13.2 Å². The SMILES string of the molecule is COc1ccccc1NCC(=O)N/N=C(/C)c1ccc(S(C)(=O)=O)cc1. The molecule has 0 radical (unpaired) electrons. The molecule has 0 aliphatic heterocycles. The van der Waals surface area contributed by atoms with Gasteiger partial charge in [0.25, 0.3) is 5.91 Å². The molecule has 8 heteroatoms. The predicted octanol–water partition coefficient (Wildman–Crippen LogP) is 2.05. The minimum atomic E-state index is -3.24. The molecule has 0 saturated heterocycles. The summed E-state index contributed by atoms with van der Waals surface area (Å²) in [4.78, 5) is 12.2. The Morgan fingerprint density at radius 2 is 1.77 bits per heavy atom.